The number of aliphatic hydroxyl groups is 2. The smallest absolute Gasteiger partial charge is 0.240 e. The van der Waals surface area contributed by atoms with Crippen molar-refractivity contribution in [2.24, 2.45) is 35.0 Å². The van der Waals surface area contributed by atoms with Crippen LogP contribution in [0.3, 0.4) is 0 Å². The van der Waals surface area contributed by atoms with Gasteiger partial charge in [-0.2, -0.15) is 5.06 Å². The molecule has 2 fully saturated rings. The first-order valence-corrected chi connectivity index (χ1v) is 19.8. The zero-order valence-corrected chi connectivity index (χ0v) is 34.0. The normalized spacial score (nSPS) is 27.7. The summed E-state index contributed by atoms with van der Waals surface area (Å²) < 4.78 is 6.04. The maximum atomic E-state index is 14.3. The van der Waals surface area contributed by atoms with Crippen molar-refractivity contribution in [3.8, 4) is 5.75 Å². The van der Waals surface area contributed by atoms with Crippen molar-refractivity contribution in [3.05, 3.63) is 65.2 Å². The molecule has 1 aliphatic carbocycles. The monoisotopic (exact) mass is 723 g/mol. The third kappa shape index (κ3) is 10.4. The Morgan fingerprint density at radius 1 is 1.06 bits per heavy atom. The molecular weight excluding hydrogens is 652 g/mol. The van der Waals surface area contributed by atoms with Crippen LogP contribution in [-0.4, -0.2) is 95.2 Å². The minimum absolute atomic E-state index is 0.0262. The van der Waals surface area contributed by atoms with Gasteiger partial charge in [0.25, 0.3) is 0 Å². The van der Waals surface area contributed by atoms with E-state index >= 15 is 0 Å². The zero-order chi connectivity index (χ0) is 38.3. The summed E-state index contributed by atoms with van der Waals surface area (Å²) in [6, 6.07) is 16.5. The molecule has 52 heavy (non-hydrogen) atoms. The SMILES string of the molecule is CCOc1ccccc1CN(Cc1cccc(CN2O[C@@H](CO)[C@@H]([C@H](C)O)[C@H]2C(=O)N[C@H]2C[C@@H](C)C(C)(C)[C@@H](C)[C@@H]2C)c1)[C@@H](CC(C)C)CN(C)C. The van der Waals surface area contributed by atoms with E-state index in [1.54, 1.807) is 12.0 Å². The van der Waals surface area contributed by atoms with Crippen molar-refractivity contribution in [1.29, 1.82) is 0 Å². The van der Waals surface area contributed by atoms with Gasteiger partial charge in [-0.25, -0.2) is 0 Å². The van der Waals surface area contributed by atoms with E-state index in [2.05, 4.69) is 120 Å². The maximum Gasteiger partial charge on any atom is 0.240 e. The second kappa shape index (κ2) is 18.7. The number of para-hydroxylation sites is 1. The van der Waals surface area contributed by atoms with E-state index in [1.165, 1.54) is 11.1 Å². The highest BCUT2D eigenvalue weighted by molar-refractivity contribution is 5.82. The molecule has 9 heteroatoms. The van der Waals surface area contributed by atoms with Gasteiger partial charge in [0, 0.05) is 43.2 Å². The molecule has 0 spiro atoms. The average Bonchev–Trinajstić information content (AvgIpc) is 3.45. The molecule has 9 nitrogen and oxygen atoms in total. The summed E-state index contributed by atoms with van der Waals surface area (Å²) >= 11 is 0. The number of rotatable bonds is 17. The summed E-state index contributed by atoms with van der Waals surface area (Å²) in [4.78, 5) is 25.4. The van der Waals surface area contributed by atoms with E-state index in [-0.39, 0.29) is 24.0 Å². The largest absolute Gasteiger partial charge is 0.494 e. The van der Waals surface area contributed by atoms with Crippen LogP contribution in [-0.2, 0) is 29.3 Å². The number of carbonyl (C=O) groups is 1. The Hall–Kier alpha value is -2.53. The number of amides is 1. The number of ether oxygens (including phenoxy) is 1. The van der Waals surface area contributed by atoms with Gasteiger partial charge in [0.15, 0.2) is 0 Å². The Balaban J connectivity index is 1.61. The quantitative estimate of drug-likeness (QED) is 0.174. The van der Waals surface area contributed by atoms with E-state index in [0.717, 1.165) is 43.8 Å². The fourth-order valence-electron chi connectivity index (χ4n) is 8.72. The maximum absolute atomic E-state index is 14.3. The van der Waals surface area contributed by atoms with Gasteiger partial charge in [-0.1, -0.05) is 90.9 Å². The Bertz CT molecular complexity index is 1410. The third-order valence-electron chi connectivity index (χ3n) is 12.4. The molecule has 0 unspecified atom stereocenters. The van der Waals surface area contributed by atoms with Crippen LogP contribution in [0.1, 0.15) is 91.8 Å². The number of hydrogen-bond donors (Lipinski definition) is 3. The van der Waals surface area contributed by atoms with Gasteiger partial charge < -0.3 is 25.2 Å². The summed E-state index contributed by atoms with van der Waals surface area (Å²) in [5.74, 6) is 1.93. The molecule has 2 aliphatic rings. The lowest BCUT2D eigenvalue weighted by atomic mass is 9.58. The van der Waals surface area contributed by atoms with Crippen LogP contribution in [0.4, 0.5) is 0 Å². The molecule has 2 aromatic carbocycles. The fraction of sp³-hybridized carbons (Fsp3) is 0.698. The fourth-order valence-corrected chi connectivity index (χ4v) is 8.72. The van der Waals surface area contributed by atoms with E-state index < -0.39 is 24.2 Å². The summed E-state index contributed by atoms with van der Waals surface area (Å²) in [5, 5.41) is 26.4. The zero-order valence-electron chi connectivity index (χ0n) is 34.0. The number of nitrogens with zero attached hydrogens (tertiary/aromatic N) is 3. The van der Waals surface area contributed by atoms with Gasteiger partial charge in [0.2, 0.25) is 5.91 Å². The van der Waals surface area contributed by atoms with Crippen LogP contribution in [0.5, 0.6) is 5.75 Å². The lowest BCUT2D eigenvalue weighted by Gasteiger charge is -2.50. The molecule has 1 heterocycles. The van der Waals surface area contributed by atoms with E-state index in [9.17, 15) is 15.0 Å². The molecule has 9 atom stereocenters. The van der Waals surface area contributed by atoms with Crippen LogP contribution in [0.15, 0.2) is 48.5 Å². The number of aliphatic hydroxyl groups excluding tert-OH is 2. The van der Waals surface area contributed by atoms with E-state index in [4.69, 9.17) is 9.57 Å². The predicted molar refractivity (Wildman–Crippen MR) is 209 cm³/mol. The highest BCUT2D eigenvalue weighted by Gasteiger charge is 2.51. The molecule has 0 bridgehead atoms. The van der Waals surface area contributed by atoms with Gasteiger partial charge in [0.1, 0.15) is 17.9 Å². The van der Waals surface area contributed by atoms with Crippen molar-refractivity contribution in [2.45, 2.75) is 125 Å². The van der Waals surface area contributed by atoms with Gasteiger partial charge in [0.05, 0.1) is 25.9 Å². The molecule has 2 aromatic rings. The predicted octanol–water partition coefficient (Wildman–Crippen LogP) is 6.36. The second-order valence-corrected chi connectivity index (χ2v) is 17.2. The first-order chi connectivity index (χ1) is 24.6. The number of nitrogens with one attached hydrogen (secondary N) is 1. The third-order valence-corrected chi connectivity index (χ3v) is 12.4. The van der Waals surface area contributed by atoms with Gasteiger partial charge in [-0.05, 0) is 87.1 Å². The standard InChI is InChI=1S/C43H70N4O5/c1-12-51-38-19-14-13-18-35(38)25-46(36(20-28(2)3)26-45(10)11)23-33-16-15-17-34(22-33)24-47-41(40(32(7)49)39(27-48)52-47)42(50)44-37-21-29(4)43(8,9)31(6)30(37)5/h13-19,22,28-32,36-37,39-41,48-49H,12,20-21,23-27H2,1-11H3,(H,44,50)/t29-,30+,31+,32+,36+,37+,39+,40-,41+/m1/s1. The summed E-state index contributed by atoms with van der Waals surface area (Å²) in [7, 11) is 4.28. The molecule has 292 valence electrons. The lowest BCUT2D eigenvalue weighted by Crippen LogP contribution is -2.56. The molecule has 1 saturated carbocycles. The van der Waals surface area contributed by atoms with E-state index in [1.807, 2.05) is 13.0 Å². The summed E-state index contributed by atoms with van der Waals surface area (Å²) in [5.41, 5.74) is 3.54. The summed E-state index contributed by atoms with van der Waals surface area (Å²) in [6.07, 6.45) is 0.445. The second-order valence-electron chi connectivity index (χ2n) is 17.2. The minimum Gasteiger partial charge on any atom is -0.494 e. The van der Waals surface area contributed by atoms with Crippen molar-refractivity contribution in [3.63, 3.8) is 0 Å². The Labute approximate surface area is 315 Å². The topological polar surface area (TPSA) is 97.7 Å². The van der Waals surface area contributed by atoms with Crippen LogP contribution >= 0.6 is 0 Å². The highest BCUT2D eigenvalue weighted by atomic mass is 16.7. The molecule has 0 radical (unpaired) electrons. The van der Waals surface area contributed by atoms with Crippen molar-refractivity contribution >= 4 is 5.91 Å². The van der Waals surface area contributed by atoms with Crippen LogP contribution in [0.2, 0.25) is 0 Å². The van der Waals surface area contributed by atoms with Crippen LogP contribution in [0, 0.1) is 35.0 Å². The molecule has 4 rings (SSSR count). The first-order valence-electron chi connectivity index (χ1n) is 19.8. The minimum atomic E-state index is -0.840. The molecule has 1 amide bonds. The lowest BCUT2D eigenvalue weighted by molar-refractivity contribution is -0.182. The van der Waals surface area contributed by atoms with Crippen LogP contribution in [0.25, 0.3) is 0 Å². The summed E-state index contributed by atoms with van der Waals surface area (Å²) in [6.45, 7) is 22.9. The van der Waals surface area contributed by atoms with Gasteiger partial charge >= 0.3 is 0 Å². The molecule has 0 aromatic heterocycles. The Morgan fingerprint density at radius 2 is 1.75 bits per heavy atom. The number of hydrogen-bond acceptors (Lipinski definition) is 8. The van der Waals surface area contributed by atoms with Crippen LogP contribution < -0.4 is 10.1 Å². The van der Waals surface area contributed by atoms with Gasteiger partial charge in [-0.15, -0.1) is 0 Å². The molecule has 3 N–H and O–H groups in total. The van der Waals surface area contributed by atoms with Crippen molar-refractivity contribution in [2.75, 3.05) is 33.9 Å². The van der Waals surface area contributed by atoms with E-state index in [0.29, 0.717) is 42.9 Å². The number of hydroxylamine groups is 2. The molecular formula is C43H70N4O5. The number of benzene rings is 2. The van der Waals surface area contributed by atoms with Gasteiger partial charge in [-0.3, -0.25) is 14.5 Å². The molecule has 1 aliphatic heterocycles. The Morgan fingerprint density at radius 3 is 2.38 bits per heavy atom. The Kier molecular flexibility index (Phi) is 15.2. The number of carbonyl (C=O) groups excluding carboxylic acids is 1. The average molecular weight is 723 g/mol. The highest BCUT2D eigenvalue weighted by Crippen LogP contribution is 2.47. The first kappa shape index (κ1) is 42.2. The van der Waals surface area contributed by atoms with Crippen molar-refractivity contribution in [1.82, 2.24) is 20.2 Å². The number of likely N-dealkylation sites (N-methyl/N-ethyl adjacent to an activating group) is 1. The van der Waals surface area contributed by atoms with Crippen molar-refractivity contribution < 1.29 is 24.6 Å². The molecule has 1 saturated heterocycles.